The van der Waals surface area contributed by atoms with Gasteiger partial charge in [-0.1, -0.05) is 20.8 Å². The number of hydrogen-bond acceptors (Lipinski definition) is 3. The smallest absolute Gasteiger partial charge is 0.0110 e. The van der Waals surface area contributed by atoms with E-state index in [9.17, 15) is 0 Å². The standard InChI is InChI=1S/C16H35N3/c1-5-9-18-11-13-19(14-12-18)10-8-17-16(4)7-6-15(2)3/h15-17H,5-14H2,1-4H3. The highest BCUT2D eigenvalue weighted by Crippen LogP contribution is 2.06. The largest absolute Gasteiger partial charge is 0.313 e. The Kier molecular flexibility index (Phi) is 8.67. The number of rotatable bonds is 9. The summed E-state index contributed by atoms with van der Waals surface area (Å²) in [5, 5.41) is 3.67. The molecule has 1 N–H and O–H groups in total. The summed E-state index contributed by atoms with van der Waals surface area (Å²) in [5.74, 6) is 0.830. The zero-order chi connectivity index (χ0) is 14.1. The second-order valence-corrected chi connectivity index (χ2v) is 6.51. The predicted octanol–water partition coefficient (Wildman–Crippen LogP) is 2.43. The summed E-state index contributed by atoms with van der Waals surface area (Å²) in [5.41, 5.74) is 0. The highest BCUT2D eigenvalue weighted by atomic mass is 15.3. The molecule has 0 radical (unpaired) electrons. The first-order valence-electron chi connectivity index (χ1n) is 8.30. The number of piperazine rings is 1. The molecule has 1 rings (SSSR count). The minimum atomic E-state index is 0.670. The third-order valence-corrected chi connectivity index (χ3v) is 4.10. The molecule has 0 aliphatic carbocycles. The highest BCUT2D eigenvalue weighted by Gasteiger charge is 2.15. The summed E-state index contributed by atoms with van der Waals surface area (Å²) in [6, 6.07) is 0.670. The van der Waals surface area contributed by atoms with Crippen LogP contribution < -0.4 is 5.32 Å². The van der Waals surface area contributed by atoms with Crippen LogP contribution in [0.1, 0.15) is 47.0 Å². The normalized spacial score (nSPS) is 20.1. The van der Waals surface area contributed by atoms with Gasteiger partial charge in [0.2, 0.25) is 0 Å². The first kappa shape index (κ1) is 16.9. The first-order chi connectivity index (χ1) is 9.11. The molecular formula is C16H35N3. The summed E-state index contributed by atoms with van der Waals surface area (Å²) in [7, 11) is 0. The highest BCUT2D eigenvalue weighted by molar-refractivity contribution is 4.73. The van der Waals surface area contributed by atoms with Gasteiger partial charge in [-0.15, -0.1) is 0 Å². The number of hydrogen-bond donors (Lipinski definition) is 1. The van der Waals surface area contributed by atoms with Crippen molar-refractivity contribution in [2.75, 3.05) is 45.8 Å². The molecule has 1 fully saturated rings. The SMILES string of the molecule is CCCN1CCN(CCNC(C)CCC(C)C)CC1. The Bertz CT molecular complexity index is 210. The molecule has 1 aliphatic heterocycles. The monoisotopic (exact) mass is 269 g/mol. The third-order valence-electron chi connectivity index (χ3n) is 4.10. The zero-order valence-electron chi connectivity index (χ0n) is 13.6. The van der Waals surface area contributed by atoms with Crippen LogP contribution in [0.25, 0.3) is 0 Å². The summed E-state index contributed by atoms with van der Waals surface area (Å²) in [4.78, 5) is 5.20. The van der Waals surface area contributed by atoms with Crippen molar-refractivity contribution in [1.29, 1.82) is 0 Å². The van der Waals surface area contributed by atoms with Crippen LogP contribution in [-0.4, -0.2) is 61.7 Å². The molecule has 1 unspecified atom stereocenters. The van der Waals surface area contributed by atoms with Gasteiger partial charge in [0.15, 0.2) is 0 Å². The van der Waals surface area contributed by atoms with Gasteiger partial charge in [0.05, 0.1) is 0 Å². The number of nitrogens with one attached hydrogen (secondary N) is 1. The van der Waals surface area contributed by atoms with E-state index in [1.54, 1.807) is 0 Å². The Morgan fingerprint density at radius 2 is 1.47 bits per heavy atom. The van der Waals surface area contributed by atoms with E-state index < -0.39 is 0 Å². The maximum absolute atomic E-state index is 3.67. The molecule has 0 aromatic heterocycles. The first-order valence-corrected chi connectivity index (χ1v) is 8.30. The van der Waals surface area contributed by atoms with Gasteiger partial charge in [0.1, 0.15) is 0 Å². The summed E-state index contributed by atoms with van der Waals surface area (Å²) in [6.45, 7) is 17.9. The van der Waals surface area contributed by atoms with Crippen LogP contribution in [0.5, 0.6) is 0 Å². The average molecular weight is 269 g/mol. The van der Waals surface area contributed by atoms with E-state index in [0.29, 0.717) is 6.04 Å². The minimum absolute atomic E-state index is 0.670. The van der Waals surface area contributed by atoms with Gasteiger partial charge < -0.3 is 10.2 Å². The number of nitrogens with zero attached hydrogens (tertiary/aromatic N) is 2. The van der Waals surface area contributed by atoms with Crippen molar-refractivity contribution in [2.45, 2.75) is 53.0 Å². The maximum atomic E-state index is 3.67. The van der Waals surface area contributed by atoms with Crippen molar-refractivity contribution in [3.8, 4) is 0 Å². The van der Waals surface area contributed by atoms with Crippen LogP contribution in [0.15, 0.2) is 0 Å². The Hall–Kier alpha value is -0.120. The minimum Gasteiger partial charge on any atom is -0.313 e. The van der Waals surface area contributed by atoms with Crippen LogP contribution in [0.3, 0.4) is 0 Å². The van der Waals surface area contributed by atoms with E-state index in [0.717, 1.165) is 12.5 Å². The molecule has 0 spiro atoms. The summed E-state index contributed by atoms with van der Waals surface area (Å²) < 4.78 is 0. The molecule has 114 valence electrons. The molecule has 1 atom stereocenters. The van der Waals surface area contributed by atoms with Gasteiger partial charge in [-0.3, -0.25) is 4.90 Å². The van der Waals surface area contributed by atoms with Gasteiger partial charge in [-0.2, -0.15) is 0 Å². The van der Waals surface area contributed by atoms with E-state index in [1.165, 1.54) is 58.5 Å². The second kappa shape index (κ2) is 9.73. The van der Waals surface area contributed by atoms with Crippen molar-refractivity contribution in [3.05, 3.63) is 0 Å². The van der Waals surface area contributed by atoms with Crippen LogP contribution in [-0.2, 0) is 0 Å². The fraction of sp³-hybridized carbons (Fsp3) is 1.00. The molecule has 1 aliphatic rings. The van der Waals surface area contributed by atoms with Crippen LogP contribution in [0, 0.1) is 5.92 Å². The lowest BCUT2D eigenvalue weighted by Gasteiger charge is -2.34. The van der Waals surface area contributed by atoms with Crippen LogP contribution in [0.4, 0.5) is 0 Å². The van der Waals surface area contributed by atoms with Crippen LogP contribution in [0.2, 0.25) is 0 Å². The molecular weight excluding hydrogens is 234 g/mol. The van der Waals surface area contributed by atoms with Gasteiger partial charge >= 0.3 is 0 Å². The van der Waals surface area contributed by atoms with Gasteiger partial charge in [0, 0.05) is 45.3 Å². The van der Waals surface area contributed by atoms with E-state index in [2.05, 4.69) is 42.8 Å². The lowest BCUT2D eigenvalue weighted by molar-refractivity contribution is 0.132. The fourth-order valence-electron chi connectivity index (χ4n) is 2.71. The van der Waals surface area contributed by atoms with Crippen molar-refractivity contribution in [2.24, 2.45) is 5.92 Å². The lowest BCUT2D eigenvalue weighted by atomic mass is 10.0. The molecule has 3 nitrogen and oxygen atoms in total. The van der Waals surface area contributed by atoms with Gasteiger partial charge in [-0.05, 0) is 38.6 Å². The van der Waals surface area contributed by atoms with Crippen molar-refractivity contribution < 1.29 is 0 Å². The van der Waals surface area contributed by atoms with E-state index >= 15 is 0 Å². The van der Waals surface area contributed by atoms with Crippen molar-refractivity contribution in [3.63, 3.8) is 0 Å². The molecule has 0 aromatic rings. The van der Waals surface area contributed by atoms with Crippen molar-refractivity contribution >= 4 is 0 Å². The predicted molar refractivity (Wildman–Crippen MR) is 84.7 cm³/mol. The van der Waals surface area contributed by atoms with Crippen LogP contribution >= 0.6 is 0 Å². The topological polar surface area (TPSA) is 18.5 Å². The molecule has 0 aromatic carbocycles. The third kappa shape index (κ3) is 7.91. The Labute approximate surface area is 120 Å². The molecule has 0 amide bonds. The summed E-state index contributed by atoms with van der Waals surface area (Å²) in [6.07, 6.45) is 3.93. The average Bonchev–Trinajstić information content (AvgIpc) is 2.39. The van der Waals surface area contributed by atoms with E-state index in [1.807, 2.05) is 0 Å². The molecule has 1 heterocycles. The Morgan fingerprint density at radius 1 is 0.895 bits per heavy atom. The van der Waals surface area contributed by atoms with E-state index in [-0.39, 0.29) is 0 Å². The maximum Gasteiger partial charge on any atom is 0.0110 e. The quantitative estimate of drug-likeness (QED) is 0.693. The molecule has 0 bridgehead atoms. The Morgan fingerprint density at radius 3 is 2.00 bits per heavy atom. The fourth-order valence-corrected chi connectivity index (χ4v) is 2.71. The second-order valence-electron chi connectivity index (χ2n) is 6.51. The van der Waals surface area contributed by atoms with Crippen molar-refractivity contribution in [1.82, 2.24) is 15.1 Å². The Balaban J connectivity index is 2.01. The molecule has 1 saturated heterocycles. The molecule has 0 saturated carbocycles. The molecule has 19 heavy (non-hydrogen) atoms. The van der Waals surface area contributed by atoms with Gasteiger partial charge in [0.25, 0.3) is 0 Å². The summed E-state index contributed by atoms with van der Waals surface area (Å²) >= 11 is 0. The zero-order valence-corrected chi connectivity index (χ0v) is 13.6. The lowest BCUT2D eigenvalue weighted by Crippen LogP contribution is -2.48. The molecule has 3 heteroatoms. The van der Waals surface area contributed by atoms with Gasteiger partial charge in [-0.25, -0.2) is 0 Å². The van der Waals surface area contributed by atoms with E-state index in [4.69, 9.17) is 0 Å².